The van der Waals surface area contributed by atoms with Gasteiger partial charge in [-0.3, -0.25) is 0 Å². The molecule has 186 valence electrons. The van der Waals surface area contributed by atoms with E-state index in [9.17, 15) is 27.1 Å². The number of nitrogens with zero attached hydrogens (tertiary/aromatic N) is 1. The molecule has 2 aromatic carbocycles. The maximum Gasteiger partial charge on any atom is 0.417 e. The lowest BCUT2D eigenvalue weighted by atomic mass is 9.83. The summed E-state index contributed by atoms with van der Waals surface area (Å²) in [7, 11) is 0. The topological polar surface area (TPSA) is 41.9 Å². The molecule has 34 heavy (non-hydrogen) atoms. The zero-order valence-corrected chi connectivity index (χ0v) is 19.2. The summed E-state index contributed by atoms with van der Waals surface area (Å²) in [6.45, 7) is 3.22. The normalized spacial score (nSPS) is 25.2. The molecule has 0 saturated carbocycles. The summed E-state index contributed by atoms with van der Waals surface area (Å²) in [6, 6.07) is 6.78. The Balaban J connectivity index is 1.35. The number of ether oxygens (including phenoxy) is 2. The first kappa shape index (κ1) is 25.3. The molecule has 2 heterocycles. The van der Waals surface area contributed by atoms with E-state index in [4.69, 9.17) is 21.1 Å². The number of rotatable bonds is 6. The molecule has 4 rings (SSSR count). The van der Waals surface area contributed by atoms with E-state index in [-0.39, 0.29) is 24.0 Å². The van der Waals surface area contributed by atoms with Crippen LogP contribution in [-0.4, -0.2) is 35.9 Å². The SMILES string of the molecule is CC1OC(CCCN2CCC(O)(c3ccc(Cl)c(C(F)(F)F)c3)CC2)(c2ccc(F)cc2F)O1. The highest BCUT2D eigenvalue weighted by atomic mass is 35.5. The van der Waals surface area contributed by atoms with E-state index in [0.717, 1.165) is 24.3 Å². The smallest absolute Gasteiger partial charge is 0.385 e. The van der Waals surface area contributed by atoms with E-state index in [1.54, 1.807) is 6.92 Å². The van der Waals surface area contributed by atoms with Gasteiger partial charge in [-0.25, -0.2) is 8.78 Å². The third-order valence-electron chi connectivity index (χ3n) is 6.53. The van der Waals surface area contributed by atoms with Crippen LogP contribution in [-0.2, 0) is 27.0 Å². The van der Waals surface area contributed by atoms with Crippen LogP contribution in [0, 0.1) is 11.6 Å². The van der Waals surface area contributed by atoms with E-state index in [0.29, 0.717) is 32.5 Å². The summed E-state index contributed by atoms with van der Waals surface area (Å²) in [5.74, 6) is -2.70. The second kappa shape index (κ2) is 9.35. The quantitative estimate of drug-likeness (QED) is 0.493. The van der Waals surface area contributed by atoms with Gasteiger partial charge in [-0.1, -0.05) is 17.7 Å². The number of hydrogen-bond acceptors (Lipinski definition) is 4. The van der Waals surface area contributed by atoms with Gasteiger partial charge in [0.25, 0.3) is 0 Å². The first-order valence-electron chi connectivity index (χ1n) is 11.0. The van der Waals surface area contributed by atoms with E-state index in [2.05, 4.69) is 4.90 Å². The van der Waals surface area contributed by atoms with Gasteiger partial charge in [0, 0.05) is 31.1 Å². The van der Waals surface area contributed by atoms with Crippen molar-refractivity contribution in [2.75, 3.05) is 19.6 Å². The highest BCUT2D eigenvalue weighted by Crippen LogP contribution is 2.44. The van der Waals surface area contributed by atoms with E-state index in [1.807, 2.05) is 0 Å². The molecule has 2 aromatic rings. The van der Waals surface area contributed by atoms with Gasteiger partial charge in [0.05, 0.1) is 16.2 Å². The molecule has 0 amide bonds. The molecular weight excluding hydrogens is 481 g/mol. The van der Waals surface area contributed by atoms with Gasteiger partial charge in [0.1, 0.15) is 11.6 Å². The number of piperidine rings is 1. The zero-order chi connectivity index (χ0) is 24.7. The van der Waals surface area contributed by atoms with Crippen molar-refractivity contribution in [3.63, 3.8) is 0 Å². The average molecular weight is 506 g/mol. The van der Waals surface area contributed by atoms with E-state index in [1.165, 1.54) is 12.1 Å². The fourth-order valence-corrected chi connectivity index (χ4v) is 4.95. The summed E-state index contributed by atoms with van der Waals surface area (Å²) >= 11 is 5.70. The summed E-state index contributed by atoms with van der Waals surface area (Å²) in [5, 5.41) is 10.6. The van der Waals surface area contributed by atoms with Crippen molar-refractivity contribution in [2.24, 2.45) is 0 Å². The number of likely N-dealkylation sites (tertiary alicyclic amines) is 1. The predicted octanol–water partition coefficient (Wildman–Crippen LogP) is 5.95. The van der Waals surface area contributed by atoms with Gasteiger partial charge >= 0.3 is 6.18 Å². The molecule has 0 radical (unpaired) electrons. The van der Waals surface area contributed by atoms with Crippen molar-refractivity contribution in [3.05, 3.63) is 69.7 Å². The minimum Gasteiger partial charge on any atom is -0.385 e. The fraction of sp³-hybridized carbons (Fsp3) is 0.500. The van der Waals surface area contributed by atoms with Crippen molar-refractivity contribution < 1.29 is 36.5 Å². The molecule has 0 aliphatic carbocycles. The molecule has 4 nitrogen and oxygen atoms in total. The predicted molar refractivity (Wildman–Crippen MR) is 115 cm³/mol. The lowest BCUT2D eigenvalue weighted by Gasteiger charge is -2.47. The van der Waals surface area contributed by atoms with E-state index < -0.39 is 46.1 Å². The molecule has 0 aromatic heterocycles. The maximum absolute atomic E-state index is 14.3. The van der Waals surface area contributed by atoms with Crippen LogP contribution in [0.15, 0.2) is 36.4 Å². The highest BCUT2D eigenvalue weighted by molar-refractivity contribution is 6.31. The Morgan fingerprint density at radius 3 is 2.35 bits per heavy atom. The van der Waals surface area contributed by atoms with Crippen LogP contribution in [0.5, 0.6) is 0 Å². The van der Waals surface area contributed by atoms with Crippen LogP contribution in [0.4, 0.5) is 22.0 Å². The van der Waals surface area contributed by atoms with Crippen LogP contribution in [0.2, 0.25) is 5.02 Å². The Hall–Kier alpha value is -1.78. The molecule has 2 saturated heterocycles. The second-order valence-corrected chi connectivity index (χ2v) is 9.26. The number of alkyl halides is 3. The van der Waals surface area contributed by atoms with Gasteiger partial charge in [0.15, 0.2) is 6.29 Å². The molecule has 2 fully saturated rings. The number of benzene rings is 2. The Kier molecular flexibility index (Phi) is 6.96. The summed E-state index contributed by atoms with van der Waals surface area (Å²) < 4.78 is 78.7. The van der Waals surface area contributed by atoms with Crippen molar-refractivity contribution in [1.82, 2.24) is 4.90 Å². The van der Waals surface area contributed by atoms with Crippen molar-refractivity contribution >= 4 is 11.6 Å². The molecule has 0 unspecified atom stereocenters. The Bertz CT molecular complexity index is 1030. The van der Waals surface area contributed by atoms with E-state index >= 15 is 0 Å². The van der Waals surface area contributed by atoms with Crippen LogP contribution >= 0.6 is 11.6 Å². The minimum atomic E-state index is -4.60. The largest absolute Gasteiger partial charge is 0.417 e. The molecule has 1 N–H and O–H groups in total. The first-order valence-corrected chi connectivity index (χ1v) is 11.4. The zero-order valence-electron chi connectivity index (χ0n) is 18.5. The molecule has 10 heteroatoms. The molecule has 0 bridgehead atoms. The van der Waals surface area contributed by atoms with Gasteiger partial charge in [-0.15, -0.1) is 0 Å². The van der Waals surface area contributed by atoms with Crippen molar-refractivity contribution in [2.45, 2.75) is 56.5 Å². The third kappa shape index (κ3) is 5.09. The lowest BCUT2D eigenvalue weighted by Crippen LogP contribution is -2.50. The van der Waals surface area contributed by atoms with Crippen LogP contribution in [0.3, 0.4) is 0 Å². The number of halogens is 6. The highest BCUT2D eigenvalue weighted by Gasteiger charge is 2.48. The molecule has 2 aliphatic rings. The van der Waals surface area contributed by atoms with Gasteiger partial charge in [-0.05, 0) is 62.6 Å². The van der Waals surface area contributed by atoms with Gasteiger partial charge < -0.3 is 19.5 Å². The molecule has 0 spiro atoms. The van der Waals surface area contributed by atoms with Crippen LogP contribution in [0.25, 0.3) is 0 Å². The average Bonchev–Trinajstić information content (AvgIpc) is 2.73. The Morgan fingerprint density at radius 2 is 1.76 bits per heavy atom. The second-order valence-electron chi connectivity index (χ2n) is 8.85. The van der Waals surface area contributed by atoms with Crippen molar-refractivity contribution in [3.8, 4) is 0 Å². The standard InChI is InChI=1S/C24H25ClF5NO3/c1-15-33-23(34-15,18-5-4-17(26)14-21(18)27)7-2-10-31-11-8-22(32,9-12-31)16-3-6-20(25)19(13-16)24(28,29)30/h3-6,13-15,32H,2,7-12H2,1H3. The number of aliphatic hydroxyl groups is 1. The molecule has 0 atom stereocenters. The molecular formula is C24H25ClF5NO3. The summed E-state index contributed by atoms with van der Waals surface area (Å²) in [4.78, 5) is 2.08. The fourth-order valence-electron chi connectivity index (χ4n) is 4.73. The third-order valence-corrected chi connectivity index (χ3v) is 6.86. The molecule has 2 aliphatic heterocycles. The van der Waals surface area contributed by atoms with Crippen LogP contribution in [0.1, 0.15) is 49.3 Å². The number of hydrogen-bond donors (Lipinski definition) is 1. The summed E-state index contributed by atoms with van der Waals surface area (Å²) in [5.41, 5.74) is -2.01. The van der Waals surface area contributed by atoms with Gasteiger partial charge in [0.2, 0.25) is 5.79 Å². The minimum absolute atomic E-state index is 0.142. The maximum atomic E-state index is 14.3. The van der Waals surface area contributed by atoms with Gasteiger partial charge in [-0.2, -0.15) is 13.2 Å². The summed E-state index contributed by atoms with van der Waals surface area (Å²) in [6.07, 6.45) is -3.68. The van der Waals surface area contributed by atoms with Crippen LogP contribution < -0.4 is 0 Å². The lowest BCUT2D eigenvalue weighted by molar-refractivity contribution is -0.459. The monoisotopic (exact) mass is 505 g/mol. The van der Waals surface area contributed by atoms with Crippen molar-refractivity contribution in [1.29, 1.82) is 0 Å². The Morgan fingerprint density at radius 1 is 1.09 bits per heavy atom. The Labute approximate surface area is 199 Å². The first-order chi connectivity index (χ1) is 15.9.